The quantitative estimate of drug-likeness (QED) is 0.929. The van der Waals surface area contributed by atoms with E-state index in [1.54, 1.807) is 18.2 Å². The van der Waals surface area contributed by atoms with Crippen LogP contribution < -0.4 is 15.0 Å². The molecule has 6 heteroatoms. The van der Waals surface area contributed by atoms with Gasteiger partial charge in [-0.3, -0.25) is 14.5 Å². The zero-order chi connectivity index (χ0) is 15.6. The molecule has 1 N–H and O–H groups in total. The van der Waals surface area contributed by atoms with Gasteiger partial charge in [0, 0.05) is 5.02 Å². The first-order chi connectivity index (χ1) is 10.0. The molecule has 2 unspecified atom stereocenters. The first-order valence-corrected chi connectivity index (χ1v) is 7.38. The van der Waals surface area contributed by atoms with Crippen molar-refractivity contribution in [1.29, 1.82) is 0 Å². The number of benzene rings is 1. The van der Waals surface area contributed by atoms with Gasteiger partial charge in [0.25, 0.3) is 0 Å². The standard InChI is InChI=1S/C15H19ClN2O3/c1-4-10-15(20)18(11(5-2)14(19)17-10)12-8-9(16)6-7-13(12)21-3/h6-8,10-11H,4-5H2,1-3H3,(H,17,19). The molecule has 1 aromatic rings. The summed E-state index contributed by atoms with van der Waals surface area (Å²) in [7, 11) is 1.53. The molecule has 0 aromatic heterocycles. The minimum atomic E-state index is -0.548. The molecule has 1 fully saturated rings. The van der Waals surface area contributed by atoms with E-state index in [2.05, 4.69) is 5.32 Å². The van der Waals surface area contributed by atoms with Gasteiger partial charge in [-0.2, -0.15) is 0 Å². The fourth-order valence-electron chi connectivity index (χ4n) is 2.55. The lowest BCUT2D eigenvalue weighted by Gasteiger charge is -2.38. The van der Waals surface area contributed by atoms with Gasteiger partial charge in [0.15, 0.2) is 0 Å². The summed E-state index contributed by atoms with van der Waals surface area (Å²) in [6.45, 7) is 3.73. The number of ether oxygens (including phenoxy) is 1. The average Bonchev–Trinajstić information content (AvgIpc) is 2.48. The van der Waals surface area contributed by atoms with Gasteiger partial charge < -0.3 is 10.1 Å². The van der Waals surface area contributed by atoms with Crippen LogP contribution in [0.15, 0.2) is 18.2 Å². The van der Waals surface area contributed by atoms with Crippen molar-refractivity contribution in [3.05, 3.63) is 23.2 Å². The SMILES string of the molecule is CCC1NC(=O)C(CC)N(c2cc(Cl)ccc2OC)C1=O. The van der Waals surface area contributed by atoms with Crippen LogP contribution in [0.3, 0.4) is 0 Å². The molecule has 0 saturated carbocycles. The highest BCUT2D eigenvalue weighted by Gasteiger charge is 2.40. The van der Waals surface area contributed by atoms with Crippen LogP contribution in [0.5, 0.6) is 5.75 Å². The van der Waals surface area contributed by atoms with E-state index in [1.165, 1.54) is 12.0 Å². The van der Waals surface area contributed by atoms with E-state index in [1.807, 2.05) is 13.8 Å². The monoisotopic (exact) mass is 310 g/mol. The maximum atomic E-state index is 12.7. The van der Waals surface area contributed by atoms with Crippen LogP contribution in [0.2, 0.25) is 5.02 Å². The molecule has 1 saturated heterocycles. The van der Waals surface area contributed by atoms with Gasteiger partial charge in [0.2, 0.25) is 11.8 Å². The molecule has 2 atom stereocenters. The average molecular weight is 311 g/mol. The van der Waals surface area contributed by atoms with Crippen LogP contribution in [0.1, 0.15) is 26.7 Å². The number of amides is 2. The second kappa shape index (κ2) is 6.35. The largest absolute Gasteiger partial charge is 0.495 e. The van der Waals surface area contributed by atoms with E-state index in [0.717, 1.165) is 0 Å². The smallest absolute Gasteiger partial charge is 0.250 e. The Labute approximate surface area is 129 Å². The second-order valence-electron chi connectivity index (χ2n) is 4.92. The molecule has 0 aliphatic carbocycles. The Morgan fingerprint density at radius 2 is 2.00 bits per heavy atom. The van der Waals surface area contributed by atoms with Gasteiger partial charge in [0.05, 0.1) is 12.8 Å². The third-order valence-corrected chi connectivity index (χ3v) is 3.90. The molecule has 5 nitrogen and oxygen atoms in total. The van der Waals surface area contributed by atoms with Crippen molar-refractivity contribution in [3.63, 3.8) is 0 Å². The van der Waals surface area contributed by atoms with Gasteiger partial charge in [0.1, 0.15) is 17.8 Å². The van der Waals surface area contributed by atoms with E-state index in [4.69, 9.17) is 16.3 Å². The normalized spacial score (nSPS) is 22.2. The van der Waals surface area contributed by atoms with Crippen LogP contribution in [0.4, 0.5) is 5.69 Å². The van der Waals surface area contributed by atoms with Crippen LogP contribution in [-0.2, 0) is 9.59 Å². The molecule has 1 aliphatic heterocycles. The molecule has 0 bridgehead atoms. The molecule has 1 heterocycles. The summed E-state index contributed by atoms with van der Waals surface area (Å²) in [4.78, 5) is 26.4. The summed E-state index contributed by atoms with van der Waals surface area (Å²) in [5.74, 6) is 0.242. The van der Waals surface area contributed by atoms with Crippen molar-refractivity contribution >= 4 is 29.1 Å². The number of piperazine rings is 1. The fourth-order valence-corrected chi connectivity index (χ4v) is 2.72. The fraction of sp³-hybridized carbons (Fsp3) is 0.467. The molecule has 0 radical (unpaired) electrons. The molecule has 114 valence electrons. The van der Waals surface area contributed by atoms with E-state index in [-0.39, 0.29) is 11.8 Å². The zero-order valence-corrected chi connectivity index (χ0v) is 13.1. The number of halogens is 1. The van der Waals surface area contributed by atoms with E-state index in [0.29, 0.717) is 29.3 Å². The number of carbonyl (C=O) groups is 2. The van der Waals surface area contributed by atoms with Crippen molar-refractivity contribution in [2.45, 2.75) is 38.8 Å². The number of nitrogens with one attached hydrogen (secondary N) is 1. The number of methoxy groups -OCH3 is 1. The van der Waals surface area contributed by atoms with Gasteiger partial charge in [-0.15, -0.1) is 0 Å². The van der Waals surface area contributed by atoms with Crippen molar-refractivity contribution in [3.8, 4) is 5.75 Å². The van der Waals surface area contributed by atoms with Gasteiger partial charge in [-0.25, -0.2) is 0 Å². The Hall–Kier alpha value is -1.75. The summed E-state index contributed by atoms with van der Waals surface area (Å²) < 4.78 is 5.31. The van der Waals surface area contributed by atoms with Crippen molar-refractivity contribution in [2.75, 3.05) is 12.0 Å². The Kier molecular flexibility index (Phi) is 4.73. The minimum absolute atomic E-state index is 0.135. The highest BCUT2D eigenvalue weighted by Crippen LogP contribution is 2.34. The molecule has 2 rings (SSSR count). The lowest BCUT2D eigenvalue weighted by atomic mass is 10.0. The summed E-state index contributed by atoms with van der Waals surface area (Å²) in [5, 5.41) is 3.26. The lowest BCUT2D eigenvalue weighted by molar-refractivity contribution is -0.134. The van der Waals surface area contributed by atoms with E-state index < -0.39 is 12.1 Å². The molecule has 21 heavy (non-hydrogen) atoms. The second-order valence-corrected chi connectivity index (χ2v) is 5.35. The topological polar surface area (TPSA) is 58.6 Å². The summed E-state index contributed by atoms with van der Waals surface area (Å²) in [6.07, 6.45) is 1.06. The summed E-state index contributed by atoms with van der Waals surface area (Å²) in [6, 6.07) is 3.99. The number of hydrogen-bond acceptors (Lipinski definition) is 3. The third kappa shape index (κ3) is 2.83. The summed E-state index contributed by atoms with van der Waals surface area (Å²) in [5.41, 5.74) is 0.537. The maximum absolute atomic E-state index is 12.7. The van der Waals surface area contributed by atoms with Crippen molar-refractivity contribution < 1.29 is 14.3 Å². The number of nitrogens with zero attached hydrogens (tertiary/aromatic N) is 1. The molecule has 0 spiro atoms. The number of hydrogen-bond donors (Lipinski definition) is 1. The van der Waals surface area contributed by atoms with Gasteiger partial charge in [-0.05, 0) is 31.0 Å². The van der Waals surface area contributed by atoms with E-state index in [9.17, 15) is 9.59 Å². The number of rotatable bonds is 4. The van der Waals surface area contributed by atoms with Crippen LogP contribution in [-0.4, -0.2) is 31.0 Å². The Morgan fingerprint density at radius 3 is 2.57 bits per heavy atom. The first-order valence-electron chi connectivity index (χ1n) is 7.00. The maximum Gasteiger partial charge on any atom is 0.250 e. The molecule has 1 aromatic carbocycles. The molecular weight excluding hydrogens is 292 g/mol. The predicted octanol–water partition coefficient (Wildman–Crippen LogP) is 2.37. The van der Waals surface area contributed by atoms with Crippen LogP contribution in [0, 0.1) is 0 Å². The Morgan fingerprint density at radius 1 is 1.29 bits per heavy atom. The predicted molar refractivity (Wildman–Crippen MR) is 81.8 cm³/mol. The minimum Gasteiger partial charge on any atom is -0.495 e. The zero-order valence-electron chi connectivity index (χ0n) is 12.4. The van der Waals surface area contributed by atoms with Crippen LogP contribution in [0.25, 0.3) is 0 Å². The Balaban J connectivity index is 2.53. The van der Waals surface area contributed by atoms with Gasteiger partial charge in [-0.1, -0.05) is 25.4 Å². The number of carbonyl (C=O) groups excluding carboxylic acids is 2. The van der Waals surface area contributed by atoms with E-state index >= 15 is 0 Å². The first kappa shape index (κ1) is 15.6. The van der Waals surface area contributed by atoms with Crippen molar-refractivity contribution in [1.82, 2.24) is 5.32 Å². The molecule has 2 amide bonds. The van der Waals surface area contributed by atoms with Gasteiger partial charge >= 0.3 is 0 Å². The third-order valence-electron chi connectivity index (χ3n) is 3.66. The van der Waals surface area contributed by atoms with Crippen molar-refractivity contribution in [2.24, 2.45) is 0 Å². The molecule has 1 aliphatic rings. The van der Waals surface area contributed by atoms with Crippen LogP contribution >= 0.6 is 11.6 Å². The Bertz CT molecular complexity index is 562. The summed E-state index contributed by atoms with van der Waals surface area (Å²) >= 11 is 6.04. The lowest BCUT2D eigenvalue weighted by Crippen LogP contribution is -2.63. The highest BCUT2D eigenvalue weighted by atomic mass is 35.5. The molecular formula is C15H19ClN2O3. The highest BCUT2D eigenvalue weighted by molar-refractivity contribution is 6.31. The number of anilines is 1.